The number of aromatic nitrogens is 3. The molecule has 3 aromatic rings. The molecule has 0 spiro atoms. The van der Waals surface area contributed by atoms with Crippen molar-refractivity contribution in [3.05, 3.63) is 58.4 Å². The van der Waals surface area contributed by atoms with E-state index in [0.29, 0.717) is 0 Å². The smallest absolute Gasteiger partial charge is 0.242 e. The molecule has 0 aliphatic heterocycles. The number of carbonyl (C=O) groups is 1. The SMILES string of the molecule is CNC(C(=O)NC(C)c1sc(-c2ccc(C)cc2)nc1C)c1cnn(C)c1.Cl. The Kier molecular flexibility index (Phi) is 7.35. The molecule has 1 aromatic carbocycles. The third-order valence-corrected chi connectivity index (χ3v) is 5.88. The van der Waals surface area contributed by atoms with E-state index in [2.05, 4.69) is 46.9 Å². The van der Waals surface area contributed by atoms with E-state index in [1.807, 2.05) is 27.1 Å². The molecule has 0 aliphatic carbocycles. The number of thiazole rings is 1. The number of amides is 1. The van der Waals surface area contributed by atoms with Crippen LogP contribution in [-0.4, -0.2) is 27.7 Å². The minimum Gasteiger partial charge on any atom is -0.347 e. The van der Waals surface area contributed by atoms with Crippen molar-refractivity contribution in [2.45, 2.75) is 32.9 Å². The number of likely N-dealkylation sites (N-methyl/N-ethyl adjacent to an activating group) is 1. The number of aryl methyl sites for hydroxylation is 3. The molecule has 0 saturated carbocycles. The summed E-state index contributed by atoms with van der Waals surface area (Å²) >= 11 is 1.63. The van der Waals surface area contributed by atoms with Crippen molar-refractivity contribution in [1.82, 2.24) is 25.4 Å². The van der Waals surface area contributed by atoms with Gasteiger partial charge in [0.05, 0.1) is 22.8 Å². The minimum atomic E-state index is -0.439. The summed E-state index contributed by atoms with van der Waals surface area (Å²) in [5.74, 6) is -0.0808. The Bertz CT molecular complexity index is 934. The van der Waals surface area contributed by atoms with E-state index in [1.165, 1.54) is 5.56 Å². The maximum absolute atomic E-state index is 12.8. The van der Waals surface area contributed by atoms with Crippen molar-refractivity contribution in [2.24, 2.45) is 7.05 Å². The molecule has 2 heterocycles. The summed E-state index contributed by atoms with van der Waals surface area (Å²) < 4.78 is 1.69. The Labute approximate surface area is 175 Å². The Morgan fingerprint density at radius 3 is 2.46 bits per heavy atom. The van der Waals surface area contributed by atoms with Crippen LogP contribution in [0, 0.1) is 13.8 Å². The first kappa shape index (κ1) is 22.1. The monoisotopic (exact) mass is 419 g/mol. The van der Waals surface area contributed by atoms with Crippen LogP contribution in [0.5, 0.6) is 0 Å². The number of benzene rings is 1. The van der Waals surface area contributed by atoms with Crippen LogP contribution in [0.3, 0.4) is 0 Å². The molecule has 2 unspecified atom stereocenters. The van der Waals surface area contributed by atoms with Crippen LogP contribution in [0.4, 0.5) is 0 Å². The van der Waals surface area contributed by atoms with Gasteiger partial charge in [0.1, 0.15) is 11.0 Å². The third-order valence-electron chi connectivity index (χ3n) is 4.49. The van der Waals surface area contributed by atoms with Gasteiger partial charge in [-0.1, -0.05) is 29.8 Å². The molecular weight excluding hydrogens is 394 g/mol. The molecular formula is C20H26ClN5OS. The highest BCUT2D eigenvalue weighted by Gasteiger charge is 2.24. The summed E-state index contributed by atoms with van der Waals surface area (Å²) in [4.78, 5) is 18.5. The second kappa shape index (κ2) is 9.32. The molecule has 0 bridgehead atoms. The summed E-state index contributed by atoms with van der Waals surface area (Å²) in [6.07, 6.45) is 3.55. The fraction of sp³-hybridized carbons (Fsp3) is 0.350. The lowest BCUT2D eigenvalue weighted by Crippen LogP contribution is -2.37. The fourth-order valence-electron chi connectivity index (χ4n) is 3.03. The highest BCUT2D eigenvalue weighted by molar-refractivity contribution is 7.15. The Morgan fingerprint density at radius 1 is 1.21 bits per heavy atom. The Balaban J connectivity index is 0.00000280. The van der Waals surface area contributed by atoms with Crippen LogP contribution < -0.4 is 10.6 Å². The summed E-state index contributed by atoms with van der Waals surface area (Å²) in [7, 11) is 3.61. The van der Waals surface area contributed by atoms with Gasteiger partial charge in [-0.25, -0.2) is 4.98 Å². The van der Waals surface area contributed by atoms with E-state index in [1.54, 1.807) is 29.3 Å². The van der Waals surface area contributed by atoms with Crippen molar-refractivity contribution in [3.8, 4) is 10.6 Å². The maximum Gasteiger partial charge on any atom is 0.242 e. The Morgan fingerprint density at radius 2 is 1.89 bits per heavy atom. The number of hydrogen-bond acceptors (Lipinski definition) is 5. The molecule has 150 valence electrons. The third kappa shape index (κ3) is 4.79. The van der Waals surface area contributed by atoms with Crippen molar-refractivity contribution >= 4 is 29.7 Å². The van der Waals surface area contributed by atoms with Crippen LogP contribution in [0.2, 0.25) is 0 Å². The standard InChI is InChI=1S/C20H25N5OS.ClH/c1-12-6-8-15(9-7-12)20-24-14(3)18(27-20)13(2)23-19(26)17(21-4)16-10-22-25(5)11-16;/h6-11,13,17,21H,1-5H3,(H,23,26);1H. The molecule has 2 atom stereocenters. The summed E-state index contributed by atoms with van der Waals surface area (Å²) in [6, 6.07) is 7.78. The van der Waals surface area contributed by atoms with Gasteiger partial charge in [0, 0.05) is 24.4 Å². The second-order valence-corrected chi connectivity index (χ2v) is 7.76. The van der Waals surface area contributed by atoms with E-state index in [9.17, 15) is 4.79 Å². The molecule has 3 rings (SSSR count). The van der Waals surface area contributed by atoms with Gasteiger partial charge >= 0.3 is 0 Å². The predicted molar refractivity (Wildman–Crippen MR) is 116 cm³/mol. The lowest BCUT2D eigenvalue weighted by Gasteiger charge is -2.18. The topological polar surface area (TPSA) is 71.8 Å². The number of halogens is 1. The van der Waals surface area contributed by atoms with Crippen LogP contribution >= 0.6 is 23.7 Å². The van der Waals surface area contributed by atoms with E-state index in [0.717, 1.165) is 26.7 Å². The Hall–Kier alpha value is -2.22. The van der Waals surface area contributed by atoms with Gasteiger partial charge in [-0.05, 0) is 27.8 Å². The molecule has 0 radical (unpaired) electrons. The number of hydrogen-bond donors (Lipinski definition) is 2. The van der Waals surface area contributed by atoms with Crippen LogP contribution in [0.25, 0.3) is 10.6 Å². The number of nitrogens with zero attached hydrogens (tertiary/aromatic N) is 3. The zero-order valence-corrected chi connectivity index (χ0v) is 18.3. The van der Waals surface area contributed by atoms with Crippen LogP contribution in [-0.2, 0) is 11.8 Å². The largest absolute Gasteiger partial charge is 0.347 e. The number of carbonyl (C=O) groups excluding carboxylic acids is 1. The minimum absolute atomic E-state index is 0. The quantitative estimate of drug-likeness (QED) is 0.638. The van der Waals surface area contributed by atoms with Gasteiger partial charge in [0.15, 0.2) is 0 Å². The van der Waals surface area contributed by atoms with E-state index >= 15 is 0 Å². The molecule has 0 aliphatic rings. The summed E-state index contributed by atoms with van der Waals surface area (Å²) in [5.41, 5.74) is 4.11. The first-order valence-electron chi connectivity index (χ1n) is 8.89. The van der Waals surface area contributed by atoms with Gasteiger partial charge in [-0.15, -0.1) is 23.7 Å². The lowest BCUT2D eigenvalue weighted by molar-refractivity contribution is -0.123. The molecule has 2 aromatic heterocycles. The van der Waals surface area contributed by atoms with Crippen molar-refractivity contribution in [1.29, 1.82) is 0 Å². The molecule has 0 saturated heterocycles. The molecule has 2 N–H and O–H groups in total. The zero-order valence-electron chi connectivity index (χ0n) is 16.7. The average molecular weight is 420 g/mol. The molecule has 0 fully saturated rings. The van der Waals surface area contributed by atoms with E-state index in [-0.39, 0.29) is 24.4 Å². The van der Waals surface area contributed by atoms with Crippen LogP contribution in [0.1, 0.15) is 40.7 Å². The number of rotatable bonds is 6. The fourth-order valence-corrected chi connectivity index (χ4v) is 4.10. The highest BCUT2D eigenvalue weighted by Crippen LogP contribution is 2.32. The second-order valence-electron chi connectivity index (χ2n) is 6.73. The number of nitrogens with one attached hydrogen (secondary N) is 2. The first-order valence-corrected chi connectivity index (χ1v) is 9.71. The summed E-state index contributed by atoms with van der Waals surface area (Å²) in [5, 5.41) is 11.3. The molecule has 1 amide bonds. The van der Waals surface area contributed by atoms with Crippen molar-refractivity contribution in [2.75, 3.05) is 7.05 Å². The van der Waals surface area contributed by atoms with Gasteiger partial charge in [-0.3, -0.25) is 9.48 Å². The van der Waals surface area contributed by atoms with Gasteiger partial charge in [0.25, 0.3) is 0 Å². The van der Waals surface area contributed by atoms with Crippen molar-refractivity contribution in [3.63, 3.8) is 0 Å². The molecule has 28 heavy (non-hydrogen) atoms. The highest BCUT2D eigenvalue weighted by atomic mass is 35.5. The average Bonchev–Trinajstić information content (AvgIpc) is 3.22. The lowest BCUT2D eigenvalue weighted by atomic mass is 10.1. The summed E-state index contributed by atoms with van der Waals surface area (Å²) in [6.45, 7) is 6.05. The van der Waals surface area contributed by atoms with E-state index in [4.69, 9.17) is 4.98 Å². The zero-order chi connectivity index (χ0) is 19.6. The predicted octanol–water partition coefficient (Wildman–Crippen LogP) is 3.72. The van der Waals surface area contributed by atoms with Crippen molar-refractivity contribution < 1.29 is 4.79 Å². The first-order chi connectivity index (χ1) is 12.9. The van der Waals surface area contributed by atoms with Gasteiger partial charge < -0.3 is 10.6 Å². The van der Waals surface area contributed by atoms with Crippen LogP contribution in [0.15, 0.2) is 36.7 Å². The molecule has 6 nitrogen and oxygen atoms in total. The maximum atomic E-state index is 12.8. The normalized spacial score (nSPS) is 12.9. The van der Waals surface area contributed by atoms with Gasteiger partial charge in [0.2, 0.25) is 5.91 Å². The molecule has 8 heteroatoms. The van der Waals surface area contributed by atoms with Gasteiger partial charge in [-0.2, -0.15) is 5.10 Å². The van der Waals surface area contributed by atoms with E-state index < -0.39 is 6.04 Å².